The standard InChI is InChI=1S/C12H14FNO4S/c1-18-10-3-2-8(4-9(10)13)5-14-11(15)6-19-7-12(16)17/h2-4H,5-7H2,1H3,(H,14,15)(H,16,17). The van der Waals surface area contributed by atoms with Crippen molar-refractivity contribution in [3.63, 3.8) is 0 Å². The second kappa shape index (κ2) is 7.63. The number of benzene rings is 1. The predicted octanol–water partition coefficient (Wildman–Crippen LogP) is 1.27. The van der Waals surface area contributed by atoms with Crippen LogP contribution >= 0.6 is 11.8 Å². The van der Waals surface area contributed by atoms with Gasteiger partial charge in [0.25, 0.3) is 0 Å². The highest BCUT2D eigenvalue weighted by Gasteiger charge is 2.06. The summed E-state index contributed by atoms with van der Waals surface area (Å²) in [4.78, 5) is 21.6. The van der Waals surface area contributed by atoms with Crippen LogP contribution < -0.4 is 10.1 Å². The molecule has 104 valence electrons. The highest BCUT2D eigenvalue weighted by atomic mass is 32.2. The van der Waals surface area contributed by atoms with E-state index in [0.717, 1.165) is 11.8 Å². The third-order valence-corrected chi connectivity index (χ3v) is 3.08. The van der Waals surface area contributed by atoms with Crippen LogP contribution in [-0.2, 0) is 16.1 Å². The minimum atomic E-state index is -0.963. The lowest BCUT2D eigenvalue weighted by molar-refractivity contribution is -0.133. The number of carbonyl (C=O) groups is 2. The SMILES string of the molecule is COc1ccc(CNC(=O)CSCC(=O)O)cc1F. The fraction of sp³-hybridized carbons (Fsp3) is 0.333. The third kappa shape index (κ3) is 5.60. The first-order valence-electron chi connectivity index (χ1n) is 5.41. The summed E-state index contributed by atoms with van der Waals surface area (Å²) in [6, 6.07) is 4.41. The van der Waals surface area contributed by atoms with Crippen molar-refractivity contribution in [1.29, 1.82) is 0 Å². The number of methoxy groups -OCH3 is 1. The maximum Gasteiger partial charge on any atom is 0.313 e. The number of rotatable bonds is 7. The number of hydrogen-bond donors (Lipinski definition) is 2. The molecule has 0 radical (unpaired) electrons. The number of nitrogens with one attached hydrogen (secondary N) is 1. The predicted molar refractivity (Wildman–Crippen MR) is 69.8 cm³/mol. The molecule has 0 aliphatic carbocycles. The fourth-order valence-electron chi connectivity index (χ4n) is 1.30. The molecule has 5 nitrogen and oxygen atoms in total. The highest BCUT2D eigenvalue weighted by Crippen LogP contribution is 2.17. The molecule has 0 saturated heterocycles. The number of amides is 1. The molecular formula is C12H14FNO4S. The number of carbonyl (C=O) groups excluding carboxylic acids is 1. The number of aliphatic carboxylic acids is 1. The van der Waals surface area contributed by atoms with E-state index in [-0.39, 0.29) is 29.7 Å². The molecule has 0 saturated carbocycles. The van der Waals surface area contributed by atoms with E-state index in [4.69, 9.17) is 9.84 Å². The topological polar surface area (TPSA) is 75.6 Å². The average molecular weight is 287 g/mol. The quantitative estimate of drug-likeness (QED) is 0.790. The molecule has 1 amide bonds. The Bertz CT molecular complexity index is 467. The van der Waals surface area contributed by atoms with Gasteiger partial charge in [-0.05, 0) is 17.7 Å². The van der Waals surface area contributed by atoms with Gasteiger partial charge < -0.3 is 15.2 Å². The smallest absolute Gasteiger partial charge is 0.313 e. The summed E-state index contributed by atoms with van der Waals surface area (Å²) in [5, 5.41) is 11.0. The lowest BCUT2D eigenvalue weighted by Crippen LogP contribution is -2.25. The van der Waals surface area contributed by atoms with Crippen LogP contribution in [0.15, 0.2) is 18.2 Å². The van der Waals surface area contributed by atoms with Crippen LogP contribution in [0, 0.1) is 5.82 Å². The van der Waals surface area contributed by atoms with E-state index in [1.165, 1.54) is 19.2 Å². The van der Waals surface area contributed by atoms with E-state index < -0.39 is 11.8 Å². The molecule has 0 fully saturated rings. The van der Waals surface area contributed by atoms with Gasteiger partial charge >= 0.3 is 5.97 Å². The number of carboxylic acids is 1. The summed E-state index contributed by atoms with van der Waals surface area (Å²) < 4.78 is 18.1. The van der Waals surface area contributed by atoms with Gasteiger partial charge in [-0.2, -0.15) is 0 Å². The Hall–Kier alpha value is -1.76. The summed E-state index contributed by atoms with van der Waals surface area (Å²) in [5.41, 5.74) is 0.606. The molecule has 0 spiro atoms. The van der Waals surface area contributed by atoms with E-state index in [1.54, 1.807) is 6.07 Å². The molecule has 0 unspecified atom stereocenters. The summed E-state index contributed by atoms with van der Waals surface area (Å²) in [6.07, 6.45) is 0. The van der Waals surface area contributed by atoms with Crippen molar-refractivity contribution < 1.29 is 23.8 Å². The zero-order valence-corrected chi connectivity index (χ0v) is 11.1. The Balaban J connectivity index is 2.37. The lowest BCUT2D eigenvalue weighted by atomic mass is 10.2. The summed E-state index contributed by atoms with van der Waals surface area (Å²) in [6.45, 7) is 0.188. The van der Waals surface area contributed by atoms with E-state index in [0.29, 0.717) is 5.56 Å². The van der Waals surface area contributed by atoms with E-state index in [2.05, 4.69) is 5.32 Å². The van der Waals surface area contributed by atoms with E-state index in [9.17, 15) is 14.0 Å². The molecule has 1 aromatic rings. The van der Waals surface area contributed by atoms with Gasteiger partial charge in [-0.1, -0.05) is 6.07 Å². The first-order valence-corrected chi connectivity index (χ1v) is 6.57. The fourth-order valence-corrected chi connectivity index (χ4v) is 1.87. The van der Waals surface area contributed by atoms with Gasteiger partial charge in [-0.3, -0.25) is 9.59 Å². The minimum absolute atomic E-state index is 0.0605. The Labute approximate surface area is 114 Å². The molecule has 0 aliphatic heterocycles. The second-order valence-electron chi connectivity index (χ2n) is 3.63. The highest BCUT2D eigenvalue weighted by molar-refractivity contribution is 8.00. The number of carboxylic acid groups (broad SMARTS) is 1. The van der Waals surface area contributed by atoms with Gasteiger partial charge in [-0.15, -0.1) is 11.8 Å². The molecule has 1 aromatic carbocycles. The van der Waals surface area contributed by atoms with Crippen molar-refractivity contribution in [1.82, 2.24) is 5.32 Å². The summed E-state index contributed by atoms with van der Waals surface area (Å²) in [7, 11) is 1.37. The zero-order valence-electron chi connectivity index (χ0n) is 10.3. The molecule has 0 aromatic heterocycles. The van der Waals surface area contributed by atoms with Crippen LogP contribution in [0.4, 0.5) is 4.39 Å². The number of halogens is 1. The van der Waals surface area contributed by atoms with Crippen LogP contribution in [0.2, 0.25) is 0 Å². The summed E-state index contributed by atoms with van der Waals surface area (Å²) in [5.74, 6) is -1.66. The molecule has 0 aliphatic rings. The molecule has 1 rings (SSSR count). The lowest BCUT2D eigenvalue weighted by Gasteiger charge is -2.07. The van der Waals surface area contributed by atoms with Crippen molar-refractivity contribution in [2.75, 3.05) is 18.6 Å². The molecular weight excluding hydrogens is 273 g/mol. The van der Waals surface area contributed by atoms with Crippen molar-refractivity contribution in [2.24, 2.45) is 0 Å². The molecule has 0 atom stereocenters. The molecule has 7 heteroatoms. The number of ether oxygens (including phenoxy) is 1. The third-order valence-electron chi connectivity index (χ3n) is 2.16. The van der Waals surface area contributed by atoms with Crippen LogP contribution in [0.25, 0.3) is 0 Å². The molecule has 2 N–H and O–H groups in total. The minimum Gasteiger partial charge on any atom is -0.494 e. The van der Waals surface area contributed by atoms with Crippen molar-refractivity contribution in [2.45, 2.75) is 6.54 Å². The maximum absolute atomic E-state index is 13.4. The van der Waals surface area contributed by atoms with Crippen LogP contribution in [0.5, 0.6) is 5.75 Å². The number of thioether (sulfide) groups is 1. The van der Waals surface area contributed by atoms with E-state index >= 15 is 0 Å². The number of hydrogen-bond acceptors (Lipinski definition) is 4. The van der Waals surface area contributed by atoms with Crippen molar-refractivity contribution in [3.8, 4) is 5.75 Å². The Morgan fingerprint density at radius 2 is 2.16 bits per heavy atom. The molecule has 19 heavy (non-hydrogen) atoms. The van der Waals surface area contributed by atoms with Crippen LogP contribution in [-0.4, -0.2) is 35.6 Å². The average Bonchev–Trinajstić information content (AvgIpc) is 2.36. The van der Waals surface area contributed by atoms with Gasteiger partial charge in [0, 0.05) is 6.54 Å². The van der Waals surface area contributed by atoms with Gasteiger partial charge in [0.15, 0.2) is 11.6 Å². The first-order chi connectivity index (χ1) is 9.02. The zero-order chi connectivity index (χ0) is 14.3. The van der Waals surface area contributed by atoms with E-state index in [1.807, 2.05) is 0 Å². The van der Waals surface area contributed by atoms with Gasteiger partial charge in [0.05, 0.1) is 18.6 Å². The molecule has 0 bridgehead atoms. The van der Waals surface area contributed by atoms with Crippen LogP contribution in [0.1, 0.15) is 5.56 Å². The Morgan fingerprint density at radius 1 is 1.42 bits per heavy atom. The van der Waals surface area contributed by atoms with Crippen LogP contribution in [0.3, 0.4) is 0 Å². The Kier molecular flexibility index (Phi) is 6.14. The monoisotopic (exact) mass is 287 g/mol. The largest absolute Gasteiger partial charge is 0.494 e. The van der Waals surface area contributed by atoms with Gasteiger partial charge in [0.2, 0.25) is 5.91 Å². The first kappa shape index (κ1) is 15.3. The van der Waals surface area contributed by atoms with Crippen molar-refractivity contribution >= 4 is 23.6 Å². The second-order valence-corrected chi connectivity index (χ2v) is 4.62. The summed E-state index contributed by atoms with van der Waals surface area (Å²) >= 11 is 1.01. The normalized spacial score (nSPS) is 10.0. The Morgan fingerprint density at radius 3 is 2.74 bits per heavy atom. The van der Waals surface area contributed by atoms with Gasteiger partial charge in [-0.25, -0.2) is 4.39 Å². The molecule has 0 heterocycles. The maximum atomic E-state index is 13.4. The van der Waals surface area contributed by atoms with Crippen molar-refractivity contribution in [3.05, 3.63) is 29.6 Å². The van der Waals surface area contributed by atoms with Gasteiger partial charge in [0.1, 0.15) is 0 Å².